The lowest BCUT2D eigenvalue weighted by Gasteiger charge is -2.04. The highest BCUT2D eigenvalue weighted by Crippen LogP contribution is 2.16. The Balaban J connectivity index is 1.58. The number of hydrogen-bond donors (Lipinski definition) is 1. The van der Waals surface area contributed by atoms with Gasteiger partial charge in [-0.05, 0) is 29.8 Å². The highest BCUT2D eigenvalue weighted by Gasteiger charge is 2.04. The Morgan fingerprint density at radius 1 is 1.07 bits per heavy atom. The molecule has 0 aliphatic carbocycles. The van der Waals surface area contributed by atoms with E-state index in [0.29, 0.717) is 11.3 Å². The van der Waals surface area contributed by atoms with Crippen molar-refractivity contribution in [2.24, 2.45) is 0 Å². The summed E-state index contributed by atoms with van der Waals surface area (Å²) in [6, 6.07) is 17.5. The monoisotopic (exact) mass is 360 g/mol. The van der Waals surface area contributed by atoms with E-state index in [1.807, 2.05) is 36.4 Å². The first kappa shape index (κ1) is 17.9. The molecule has 0 saturated heterocycles. The van der Waals surface area contributed by atoms with Gasteiger partial charge in [-0.15, -0.1) is 0 Å². The number of nitrogens with one attached hydrogen (secondary N) is 1. The fourth-order valence-corrected chi connectivity index (χ4v) is 2.38. The largest absolute Gasteiger partial charge is 0.347 e. The molecule has 0 spiro atoms. The standard InChI is InChI=1S/C20H16N4O3/c25-20(11-8-15-6-9-18(10-7-15)24(26)27)21-13-17-12-19(23-14-22-17)16-4-2-1-3-5-16/h1-12,14H,13H2,(H,21,25)/b11-8+. The van der Waals surface area contributed by atoms with Crippen LogP contribution in [0, 0.1) is 10.1 Å². The number of rotatable bonds is 6. The third-order valence-corrected chi connectivity index (χ3v) is 3.77. The van der Waals surface area contributed by atoms with Crippen LogP contribution in [0.2, 0.25) is 0 Å². The summed E-state index contributed by atoms with van der Waals surface area (Å²) in [4.78, 5) is 30.5. The summed E-state index contributed by atoms with van der Waals surface area (Å²) in [6.07, 6.45) is 4.44. The molecule has 0 radical (unpaired) electrons. The van der Waals surface area contributed by atoms with E-state index >= 15 is 0 Å². The first-order valence-electron chi connectivity index (χ1n) is 8.18. The normalized spacial score (nSPS) is 10.7. The van der Waals surface area contributed by atoms with Gasteiger partial charge in [-0.2, -0.15) is 0 Å². The molecule has 3 rings (SSSR count). The van der Waals surface area contributed by atoms with E-state index in [-0.39, 0.29) is 18.1 Å². The molecule has 1 amide bonds. The molecule has 3 aromatic rings. The van der Waals surface area contributed by atoms with Gasteiger partial charge in [0.05, 0.1) is 22.9 Å². The summed E-state index contributed by atoms with van der Waals surface area (Å²) < 4.78 is 0. The number of hydrogen-bond acceptors (Lipinski definition) is 5. The van der Waals surface area contributed by atoms with Gasteiger partial charge in [-0.25, -0.2) is 9.97 Å². The summed E-state index contributed by atoms with van der Waals surface area (Å²) >= 11 is 0. The average molecular weight is 360 g/mol. The second-order valence-electron chi connectivity index (χ2n) is 5.66. The van der Waals surface area contributed by atoms with Crippen LogP contribution in [0.15, 0.2) is 73.1 Å². The van der Waals surface area contributed by atoms with Gasteiger partial charge in [0.1, 0.15) is 6.33 Å². The molecule has 0 atom stereocenters. The Labute approximate surface area is 155 Å². The molecule has 0 unspecified atom stereocenters. The number of nitro benzene ring substituents is 1. The molecule has 2 aromatic carbocycles. The SMILES string of the molecule is O=C(/C=C/c1ccc([N+](=O)[O-])cc1)NCc1cc(-c2ccccc2)ncn1. The molecule has 134 valence electrons. The van der Waals surface area contributed by atoms with E-state index in [0.717, 1.165) is 11.3 Å². The van der Waals surface area contributed by atoms with Gasteiger partial charge in [0, 0.05) is 23.8 Å². The summed E-state index contributed by atoms with van der Waals surface area (Å²) in [6.45, 7) is 0.270. The minimum atomic E-state index is -0.467. The van der Waals surface area contributed by atoms with Crippen molar-refractivity contribution in [1.29, 1.82) is 0 Å². The number of non-ortho nitro benzene ring substituents is 1. The van der Waals surface area contributed by atoms with Crippen molar-refractivity contribution in [2.45, 2.75) is 6.54 Å². The summed E-state index contributed by atoms with van der Waals surface area (Å²) in [5.41, 5.74) is 3.17. The highest BCUT2D eigenvalue weighted by atomic mass is 16.6. The zero-order valence-electron chi connectivity index (χ0n) is 14.3. The van der Waals surface area contributed by atoms with Crippen molar-refractivity contribution in [2.75, 3.05) is 0 Å². The van der Waals surface area contributed by atoms with Crippen LogP contribution < -0.4 is 5.32 Å². The minimum Gasteiger partial charge on any atom is -0.347 e. The van der Waals surface area contributed by atoms with Crippen LogP contribution in [0.1, 0.15) is 11.3 Å². The summed E-state index contributed by atoms with van der Waals surface area (Å²) in [5.74, 6) is -0.284. The van der Waals surface area contributed by atoms with Crippen molar-refractivity contribution in [1.82, 2.24) is 15.3 Å². The number of nitrogens with zero attached hydrogens (tertiary/aromatic N) is 3. The molecule has 0 fully saturated rings. The van der Waals surface area contributed by atoms with Crippen molar-refractivity contribution in [3.8, 4) is 11.3 Å². The Morgan fingerprint density at radius 3 is 2.52 bits per heavy atom. The van der Waals surface area contributed by atoms with Crippen molar-refractivity contribution >= 4 is 17.7 Å². The maximum atomic E-state index is 12.0. The summed E-state index contributed by atoms with van der Waals surface area (Å²) in [5, 5.41) is 13.4. The van der Waals surface area contributed by atoms with Gasteiger partial charge >= 0.3 is 0 Å². The molecular weight excluding hydrogens is 344 g/mol. The summed E-state index contributed by atoms with van der Waals surface area (Å²) in [7, 11) is 0. The van der Waals surface area contributed by atoms with E-state index < -0.39 is 4.92 Å². The van der Waals surface area contributed by atoms with Crippen molar-refractivity contribution < 1.29 is 9.72 Å². The fourth-order valence-electron chi connectivity index (χ4n) is 2.38. The molecule has 0 bridgehead atoms. The molecule has 0 aliphatic rings. The third-order valence-electron chi connectivity index (χ3n) is 3.77. The van der Waals surface area contributed by atoms with Gasteiger partial charge in [0.2, 0.25) is 5.91 Å². The number of aromatic nitrogens is 2. The van der Waals surface area contributed by atoms with E-state index in [4.69, 9.17) is 0 Å². The Bertz CT molecular complexity index is 970. The van der Waals surface area contributed by atoms with Crippen LogP contribution in [-0.4, -0.2) is 20.8 Å². The number of benzene rings is 2. The Kier molecular flexibility index (Phi) is 5.64. The van der Waals surface area contributed by atoms with Gasteiger partial charge in [0.25, 0.3) is 5.69 Å². The maximum absolute atomic E-state index is 12.0. The zero-order chi connectivity index (χ0) is 19.1. The predicted molar refractivity (Wildman–Crippen MR) is 101 cm³/mol. The average Bonchev–Trinajstić information content (AvgIpc) is 2.72. The topological polar surface area (TPSA) is 98.0 Å². The maximum Gasteiger partial charge on any atom is 0.269 e. The van der Waals surface area contributed by atoms with Gasteiger partial charge in [0.15, 0.2) is 0 Å². The van der Waals surface area contributed by atoms with Crippen LogP contribution in [0.3, 0.4) is 0 Å². The number of amides is 1. The molecular formula is C20H16N4O3. The van der Waals surface area contributed by atoms with E-state index in [2.05, 4.69) is 15.3 Å². The molecule has 1 aromatic heterocycles. The quantitative estimate of drug-likeness (QED) is 0.413. The highest BCUT2D eigenvalue weighted by molar-refractivity contribution is 5.91. The zero-order valence-corrected chi connectivity index (χ0v) is 14.3. The van der Waals surface area contributed by atoms with E-state index in [1.165, 1.54) is 24.5 Å². The molecule has 7 heteroatoms. The fraction of sp³-hybridized carbons (Fsp3) is 0.0500. The van der Waals surface area contributed by atoms with Crippen molar-refractivity contribution in [3.05, 3.63) is 94.4 Å². The van der Waals surface area contributed by atoms with Crippen molar-refractivity contribution in [3.63, 3.8) is 0 Å². The number of carbonyl (C=O) groups is 1. The van der Waals surface area contributed by atoms with Gasteiger partial charge in [-0.3, -0.25) is 14.9 Å². The number of nitro groups is 1. The van der Waals surface area contributed by atoms with Gasteiger partial charge in [-0.1, -0.05) is 30.3 Å². The molecule has 0 aliphatic heterocycles. The molecule has 1 N–H and O–H groups in total. The lowest BCUT2D eigenvalue weighted by Crippen LogP contribution is -2.20. The van der Waals surface area contributed by atoms with Crippen LogP contribution in [0.25, 0.3) is 17.3 Å². The van der Waals surface area contributed by atoms with E-state index in [1.54, 1.807) is 18.2 Å². The molecule has 27 heavy (non-hydrogen) atoms. The van der Waals surface area contributed by atoms with Crippen LogP contribution >= 0.6 is 0 Å². The van der Waals surface area contributed by atoms with Crippen LogP contribution in [0.4, 0.5) is 5.69 Å². The van der Waals surface area contributed by atoms with Crippen LogP contribution in [0.5, 0.6) is 0 Å². The molecule has 0 saturated carbocycles. The van der Waals surface area contributed by atoms with Gasteiger partial charge < -0.3 is 5.32 Å². The molecule has 1 heterocycles. The lowest BCUT2D eigenvalue weighted by atomic mass is 10.1. The second kappa shape index (κ2) is 8.48. The lowest BCUT2D eigenvalue weighted by molar-refractivity contribution is -0.384. The predicted octanol–water partition coefficient (Wildman–Crippen LogP) is 3.38. The third kappa shape index (κ3) is 5.05. The number of carbonyl (C=O) groups excluding carboxylic acids is 1. The Morgan fingerprint density at radius 2 is 1.81 bits per heavy atom. The first-order chi connectivity index (χ1) is 13.1. The van der Waals surface area contributed by atoms with E-state index in [9.17, 15) is 14.9 Å². The minimum absolute atomic E-state index is 0.00887. The van der Waals surface area contributed by atoms with Crippen LogP contribution in [-0.2, 0) is 11.3 Å². The molecule has 7 nitrogen and oxygen atoms in total. The second-order valence-corrected chi connectivity index (χ2v) is 5.66. The smallest absolute Gasteiger partial charge is 0.269 e. The first-order valence-corrected chi connectivity index (χ1v) is 8.18. The Hall–Kier alpha value is -3.87.